The van der Waals surface area contributed by atoms with E-state index >= 15 is 0 Å². The van der Waals surface area contributed by atoms with Gasteiger partial charge in [0.1, 0.15) is 11.6 Å². The molecule has 1 aliphatic rings. The van der Waals surface area contributed by atoms with Crippen LogP contribution in [0.15, 0.2) is 34.9 Å². The monoisotopic (exact) mass is 378 g/mol. The Bertz CT molecular complexity index is 759. The van der Waals surface area contributed by atoms with Crippen LogP contribution >= 0.6 is 15.9 Å². The summed E-state index contributed by atoms with van der Waals surface area (Å²) in [4.78, 5) is 24.2. The average Bonchev–Trinajstić information content (AvgIpc) is 2.96. The summed E-state index contributed by atoms with van der Waals surface area (Å²) < 4.78 is 7.93. The van der Waals surface area contributed by atoms with Crippen LogP contribution in [0.1, 0.15) is 28.4 Å². The van der Waals surface area contributed by atoms with E-state index in [1.165, 1.54) is 6.20 Å². The Labute approximate surface area is 140 Å². The first-order valence-corrected chi connectivity index (χ1v) is 7.90. The minimum absolute atomic E-state index is 0.297. The van der Waals surface area contributed by atoms with Crippen LogP contribution in [0.25, 0.3) is 0 Å². The number of nitrogens with zero attached hydrogens (tertiary/aromatic N) is 2. The van der Waals surface area contributed by atoms with E-state index in [0.29, 0.717) is 30.2 Å². The number of carbonyl (C=O) groups excluding carboxylic acids is 2. The van der Waals surface area contributed by atoms with Crippen molar-refractivity contribution in [1.82, 2.24) is 15.1 Å². The summed E-state index contributed by atoms with van der Waals surface area (Å²) in [7, 11) is 0. The number of hydrogen-bond donors (Lipinski definition) is 2. The third-order valence-electron chi connectivity index (χ3n) is 3.53. The summed E-state index contributed by atoms with van der Waals surface area (Å²) in [6.07, 6.45) is 2.28. The van der Waals surface area contributed by atoms with Crippen molar-refractivity contribution in [2.75, 3.05) is 6.61 Å². The zero-order valence-electron chi connectivity index (χ0n) is 12.2. The van der Waals surface area contributed by atoms with Crippen LogP contribution in [-0.4, -0.2) is 28.2 Å². The summed E-state index contributed by atoms with van der Waals surface area (Å²) in [6.45, 7) is 1.24. The molecule has 0 aliphatic carbocycles. The first-order valence-electron chi connectivity index (χ1n) is 7.10. The number of primary amides is 1. The first kappa shape index (κ1) is 15.5. The van der Waals surface area contributed by atoms with Gasteiger partial charge < -0.3 is 15.8 Å². The molecule has 0 saturated heterocycles. The predicted octanol–water partition coefficient (Wildman–Crippen LogP) is 1.38. The second-order valence-corrected chi connectivity index (χ2v) is 6.07. The Morgan fingerprint density at radius 2 is 2.26 bits per heavy atom. The van der Waals surface area contributed by atoms with Crippen molar-refractivity contribution < 1.29 is 14.3 Å². The molecular weight excluding hydrogens is 364 g/mol. The highest BCUT2D eigenvalue weighted by Crippen LogP contribution is 2.24. The SMILES string of the molecule is NC(=O)C(NC(=O)c1cnn2c1OCCC2)c1cccc(Br)c1. The molecule has 3 rings (SSSR count). The van der Waals surface area contributed by atoms with E-state index in [2.05, 4.69) is 26.3 Å². The van der Waals surface area contributed by atoms with Crippen LogP contribution in [0, 0.1) is 0 Å². The summed E-state index contributed by atoms with van der Waals surface area (Å²) in [5.74, 6) is -0.665. The highest BCUT2D eigenvalue weighted by molar-refractivity contribution is 9.10. The minimum Gasteiger partial charge on any atom is -0.477 e. The number of hydrogen-bond acceptors (Lipinski definition) is 4. The van der Waals surface area contributed by atoms with Gasteiger partial charge in [0.25, 0.3) is 5.91 Å². The minimum atomic E-state index is -0.931. The van der Waals surface area contributed by atoms with Crippen molar-refractivity contribution in [3.63, 3.8) is 0 Å². The maximum Gasteiger partial charge on any atom is 0.259 e. The number of nitrogens with one attached hydrogen (secondary N) is 1. The molecular formula is C15H15BrN4O3. The fourth-order valence-corrected chi connectivity index (χ4v) is 2.86. The van der Waals surface area contributed by atoms with E-state index < -0.39 is 17.9 Å². The van der Waals surface area contributed by atoms with Gasteiger partial charge in [-0.25, -0.2) is 4.68 Å². The molecule has 0 bridgehead atoms. The van der Waals surface area contributed by atoms with Gasteiger partial charge in [-0.05, 0) is 17.7 Å². The van der Waals surface area contributed by atoms with Gasteiger partial charge in [-0.3, -0.25) is 9.59 Å². The molecule has 3 N–H and O–H groups in total. The second-order valence-electron chi connectivity index (χ2n) is 5.15. The fourth-order valence-electron chi connectivity index (χ4n) is 2.44. The van der Waals surface area contributed by atoms with Gasteiger partial charge in [0.2, 0.25) is 11.8 Å². The van der Waals surface area contributed by atoms with Gasteiger partial charge >= 0.3 is 0 Å². The molecule has 23 heavy (non-hydrogen) atoms. The molecule has 2 amide bonds. The Hall–Kier alpha value is -2.35. The van der Waals surface area contributed by atoms with Gasteiger partial charge in [-0.2, -0.15) is 5.10 Å². The Morgan fingerprint density at radius 1 is 1.43 bits per heavy atom. The molecule has 8 heteroatoms. The molecule has 2 heterocycles. The lowest BCUT2D eigenvalue weighted by atomic mass is 10.1. The zero-order valence-corrected chi connectivity index (χ0v) is 13.7. The maximum absolute atomic E-state index is 12.5. The van der Waals surface area contributed by atoms with Crippen LogP contribution in [-0.2, 0) is 11.3 Å². The van der Waals surface area contributed by atoms with Crippen molar-refractivity contribution in [3.05, 3.63) is 46.1 Å². The number of benzene rings is 1. The molecule has 0 fully saturated rings. The molecule has 1 unspecified atom stereocenters. The van der Waals surface area contributed by atoms with Crippen LogP contribution < -0.4 is 15.8 Å². The van der Waals surface area contributed by atoms with E-state index in [9.17, 15) is 9.59 Å². The van der Waals surface area contributed by atoms with Crippen molar-refractivity contribution in [3.8, 4) is 5.88 Å². The summed E-state index contributed by atoms with van der Waals surface area (Å²) in [6, 6.07) is 6.13. The van der Waals surface area contributed by atoms with E-state index in [0.717, 1.165) is 10.9 Å². The number of ether oxygens (including phenoxy) is 1. The third kappa shape index (κ3) is 3.21. The van der Waals surface area contributed by atoms with Gasteiger partial charge in [0.15, 0.2) is 0 Å². The standard InChI is InChI=1S/C15H15BrN4O3/c16-10-4-1-3-9(7-10)12(13(17)21)19-14(22)11-8-18-20-5-2-6-23-15(11)20/h1,3-4,7-8,12H,2,5-6H2,(H2,17,21)(H,19,22). The Morgan fingerprint density at radius 3 is 3.00 bits per heavy atom. The molecule has 1 aromatic heterocycles. The van der Waals surface area contributed by atoms with E-state index in [1.54, 1.807) is 22.9 Å². The number of aromatic nitrogens is 2. The number of carbonyl (C=O) groups is 2. The topological polar surface area (TPSA) is 99.2 Å². The lowest BCUT2D eigenvalue weighted by Crippen LogP contribution is -2.37. The molecule has 1 aliphatic heterocycles. The molecule has 2 aromatic rings. The van der Waals surface area contributed by atoms with Crippen LogP contribution in [0.5, 0.6) is 5.88 Å². The van der Waals surface area contributed by atoms with Crippen molar-refractivity contribution >= 4 is 27.7 Å². The summed E-state index contributed by atoms with van der Waals surface area (Å²) >= 11 is 3.34. The Balaban J connectivity index is 1.85. The largest absolute Gasteiger partial charge is 0.477 e. The fraction of sp³-hybridized carbons (Fsp3) is 0.267. The smallest absolute Gasteiger partial charge is 0.259 e. The van der Waals surface area contributed by atoms with Gasteiger partial charge in [0, 0.05) is 17.4 Å². The van der Waals surface area contributed by atoms with E-state index in [1.807, 2.05) is 6.07 Å². The number of amides is 2. The highest BCUT2D eigenvalue weighted by Gasteiger charge is 2.26. The quantitative estimate of drug-likeness (QED) is 0.839. The molecule has 7 nitrogen and oxygen atoms in total. The highest BCUT2D eigenvalue weighted by atomic mass is 79.9. The Kier molecular flexibility index (Phi) is 4.33. The summed E-state index contributed by atoms with van der Waals surface area (Å²) in [5, 5.41) is 6.77. The lowest BCUT2D eigenvalue weighted by molar-refractivity contribution is -0.120. The predicted molar refractivity (Wildman–Crippen MR) is 85.9 cm³/mol. The lowest BCUT2D eigenvalue weighted by Gasteiger charge is -2.18. The number of nitrogens with two attached hydrogens (primary N) is 1. The van der Waals surface area contributed by atoms with E-state index in [-0.39, 0.29) is 0 Å². The molecule has 120 valence electrons. The molecule has 0 spiro atoms. The van der Waals surface area contributed by atoms with Crippen LogP contribution in [0.3, 0.4) is 0 Å². The number of halogens is 1. The number of fused-ring (bicyclic) bond motifs is 1. The van der Waals surface area contributed by atoms with Crippen molar-refractivity contribution in [1.29, 1.82) is 0 Å². The van der Waals surface area contributed by atoms with Crippen molar-refractivity contribution in [2.24, 2.45) is 5.73 Å². The second kappa shape index (κ2) is 6.41. The normalized spacial score (nSPS) is 14.5. The number of rotatable bonds is 4. The van der Waals surface area contributed by atoms with Crippen LogP contribution in [0.2, 0.25) is 0 Å². The third-order valence-corrected chi connectivity index (χ3v) is 4.02. The van der Waals surface area contributed by atoms with Crippen molar-refractivity contribution in [2.45, 2.75) is 19.0 Å². The summed E-state index contributed by atoms with van der Waals surface area (Å²) in [5.41, 5.74) is 6.33. The van der Waals surface area contributed by atoms with Gasteiger partial charge in [0.05, 0.1) is 12.8 Å². The number of aryl methyl sites for hydroxylation is 1. The van der Waals surface area contributed by atoms with Crippen LogP contribution in [0.4, 0.5) is 0 Å². The maximum atomic E-state index is 12.5. The average molecular weight is 379 g/mol. The molecule has 0 radical (unpaired) electrons. The zero-order chi connectivity index (χ0) is 16.4. The van der Waals surface area contributed by atoms with E-state index in [4.69, 9.17) is 10.5 Å². The van der Waals surface area contributed by atoms with Gasteiger partial charge in [-0.15, -0.1) is 0 Å². The molecule has 1 aromatic carbocycles. The first-order chi connectivity index (χ1) is 11.1. The molecule has 1 atom stereocenters. The van der Waals surface area contributed by atoms with Gasteiger partial charge in [-0.1, -0.05) is 28.1 Å². The molecule has 0 saturated carbocycles.